The topological polar surface area (TPSA) is 32.3 Å². The van der Waals surface area contributed by atoms with E-state index in [4.69, 9.17) is 0 Å². The van der Waals surface area contributed by atoms with Crippen LogP contribution >= 0.6 is 15.9 Å². The van der Waals surface area contributed by atoms with Gasteiger partial charge in [-0.2, -0.15) is 0 Å². The lowest BCUT2D eigenvalue weighted by molar-refractivity contribution is -0.126. The van der Waals surface area contributed by atoms with Gasteiger partial charge in [0.25, 0.3) is 0 Å². The molecule has 0 spiro atoms. The van der Waals surface area contributed by atoms with E-state index >= 15 is 0 Å². The number of hydrogen-bond donors (Lipinski definition) is 1. The van der Waals surface area contributed by atoms with Gasteiger partial charge in [0.15, 0.2) is 0 Å². The van der Waals surface area contributed by atoms with Crippen LogP contribution in [0.2, 0.25) is 0 Å². The Hall–Kier alpha value is -1.10. The minimum Gasteiger partial charge on any atom is -0.376 e. The third-order valence-corrected chi connectivity index (χ3v) is 2.47. The number of likely N-dealkylation sites (N-methyl/N-ethyl adjacent to an activating group) is 1. The molecule has 15 heavy (non-hydrogen) atoms. The van der Waals surface area contributed by atoms with E-state index in [-0.39, 0.29) is 18.3 Å². The van der Waals surface area contributed by atoms with Gasteiger partial charge in [-0.1, -0.05) is 0 Å². The molecule has 82 valence electrons. The first kappa shape index (κ1) is 12.0. The van der Waals surface area contributed by atoms with E-state index in [1.807, 2.05) is 0 Å². The summed E-state index contributed by atoms with van der Waals surface area (Å²) in [6.45, 7) is 0.199. The van der Waals surface area contributed by atoms with Gasteiger partial charge in [0.05, 0.1) is 11.0 Å². The Morgan fingerprint density at radius 2 is 2.20 bits per heavy atom. The van der Waals surface area contributed by atoms with Crippen LogP contribution < -0.4 is 5.32 Å². The zero-order valence-corrected chi connectivity index (χ0v) is 10.1. The second kappa shape index (κ2) is 5.11. The molecule has 1 amide bonds. The maximum absolute atomic E-state index is 12.9. The van der Waals surface area contributed by atoms with Gasteiger partial charge in [0, 0.05) is 19.8 Å². The molecule has 0 saturated heterocycles. The normalized spacial score (nSPS) is 9.87. The van der Waals surface area contributed by atoms with Gasteiger partial charge in [0.2, 0.25) is 5.91 Å². The largest absolute Gasteiger partial charge is 0.376 e. The predicted octanol–water partition coefficient (Wildman–Crippen LogP) is 2.09. The van der Waals surface area contributed by atoms with Gasteiger partial charge in [-0.25, -0.2) is 4.39 Å². The Labute approximate surface area is 96.4 Å². The average Bonchev–Trinajstić information content (AvgIpc) is 2.19. The van der Waals surface area contributed by atoms with Crippen molar-refractivity contribution in [2.24, 2.45) is 0 Å². The highest BCUT2D eigenvalue weighted by molar-refractivity contribution is 9.10. The molecular formula is C10H12BrFN2O. The predicted molar refractivity (Wildman–Crippen MR) is 61.3 cm³/mol. The molecule has 0 aliphatic heterocycles. The molecule has 0 fully saturated rings. The zero-order valence-electron chi connectivity index (χ0n) is 8.55. The van der Waals surface area contributed by atoms with Crippen molar-refractivity contribution >= 4 is 27.5 Å². The molecule has 1 rings (SSSR count). The quantitative estimate of drug-likeness (QED) is 0.916. The number of nitrogens with one attached hydrogen (secondary N) is 1. The summed E-state index contributed by atoms with van der Waals surface area (Å²) >= 11 is 3.07. The molecule has 5 heteroatoms. The summed E-state index contributed by atoms with van der Waals surface area (Å²) in [5.41, 5.74) is 0.707. The molecule has 0 aliphatic rings. The van der Waals surface area contributed by atoms with Gasteiger partial charge < -0.3 is 10.2 Å². The first-order valence-corrected chi connectivity index (χ1v) is 5.19. The van der Waals surface area contributed by atoms with E-state index in [0.717, 1.165) is 0 Å². The van der Waals surface area contributed by atoms with E-state index in [0.29, 0.717) is 10.2 Å². The second-order valence-electron chi connectivity index (χ2n) is 3.27. The lowest BCUT2D eigenvalue weighted by Crippen LogP contribution is -2.28. The summed E-state index contributed by atoms with van der Waals surface area (Å²) in [7, 11) is 3.37. The van der Waals surface area contributed by atoms with Gasteiger partial charge in [-0.3, -0.25) is 4.79 Å². The maximum atomic E-state index is 12.9. The van der Waals surface area contributed by atoms with Gasteiger partial charge >= 0.3 is 0 Å². The van der Waals surface area contributed by atoms with E-state index < -0.39 is 0 Å². The Bertz CT molecular complexity index is 368. The molecule has 1 aromatic carbocycles. The molecule has 0 bridgehead atoms. The van der Waals surface area contributed by atoms with Crippen LogP contribution in [0.5, 0.6) is 0 Å². The third kappa shape index (κ3) is 3.51. The molecule has 1 N–H and O–H groups in total. The number of amides is 1. The molecule has 1 aromatic rings. The van der Waals surface area contributed by atoms with Crippen molar-refractivity contribution in [2.45, 2.75) is 0 Å². The first-order chi connectivity index (χ1) is 7.00. The second-order valence-corrected chi connectivity index (χ2v) is 4.12. The van der Waals surface area contributed by atoms with Gasteiger partial charge in [-0.15, -0.1) is 0 Å². The summed E-state index contributed by atoms with van der Waals surface area (Å²) in [4.78, 5) is 12.7. The lowest BCUT2D eigenvalue weighted by Gasteiger charge is -2.11. The van der Waals surface area contributed by atoms with Crippen LogP contribution in [-0.2, 0) is 4.79 Å². The SMILES string of the molecule is CN(C)C(=O)CNc1ccc(F)c(Br)c1. The van der Waals surface area contributed by atoms with E-state index in [2.05, 4.69) is 21.2 Å². The van der Waals surface area contributed by atoms with Crippen LogP contribution in [0.15, 0.2) is 22.7 Å². The average molecular weight is 275 g/mol. The summed E-state index contributed by atoms with van der Waals surface area (Å²) in [5, 5.41) is 2.91. The monoisotopic (exact) mass is 274 g/mol. The molecule has 0 atom stereocenters. The number of rotatable bonds is 3. The molecule has 0 aromatic heterocycles. The van der Waals surface area contributed by atoms with E-state index in [1.54, 1.807) is 26.2 Å². The molecular weight excluding hydrogens is 263 g/mol. The Morgan fingerprint density at radius 3 is 2.73 bits per heavy atom. The maximum Gasteiger partial charge on any atom is 0.241 e. The van der Waals surface area contributed by atoms with Crippen molar-refractivity contribution in [1.29, 1.82) is 0 Å². The van der Waals surface area contributed by atoms with Crippen LogP contribution in [0.1, 0.15) is 0 Å². The van der Waals surface area contributed by atoms with Crippen LogP contribution in [0.4, 0.5) is 10.1 Å². The fraction of sp³-hybridized carbons (Fsp3) is 0.300. The van der Waals surface area contributed by atoms with Crippen molar-refractivity contribution < 1.29 is 9.18 Å². The van der Waals surface area contributed by atoms with Gasteiger partial charge in [0.1, 0.15) is 5.82 Å². The standard InChI is InChI=1S/C10H12BrFN2O/c1-14(2)10(15)6-13-7-3-4-9(12)8(11)5-7/h3-5,13H,6H2,1-2H3. The summed E-state index contributed by atoms with van der Waals surface area (Å²) in [5.74, 6) is -0.352. The minimum absolute atomic E-state index is 0.0320. The van der Waals surface area contributed by atoms with E-state index in [1.165, 1.54) is 11.0 Å². The number of carbonyl (C=O) groups is 1. The van der Waals surface area contributed by atoms with Crippen molar-refractivity contribution in [3.8, 4) is 0 Å². The molecule has 0 radical (unpaired) electrons. The van der Waals surface area contributed by atoms with Gasteiger partial charge in [-0.05, 0) is 34.1 Å². The smallest absolute Gasteiger partial charge is 0.241 e. The lowest BCUT2D eigenvalue weighted by atomic mass is 10.3. The minimum atomic E-state index is -0.320. The van der Waals surface area contributed by atoms with Crippen LogP contribution in [-0.4, -0.2) is 31.4 Å². The highest BCUT2D eigenvalue weighted by atomic mass is 79.9. The highest BCUT2D eigenvalue weighted by Crippen LogP contribution is 2.19. The van der Waals surface area contributed by atoms with Crippen molar-refractivity contribution in [2.75, 3.05) is 26.0 Å². The summed E-state index contributed by atoms with van der Waals surface area (Å²) in [6, 6.07) is 4.52. The number of nitrogens with zero attached hydrogens (tertiary/aromatic N) is 1. The van der Waals surface area contributed by atoms with Crippen LogP contribution in [0.25, 0.3) is 0 Å². The Morgan fingerprint density at radius 1 is 1.53 bits per heavy atom. The van der Waals surface area contributed by atoms with Crippen molar-refractivity contribution in [3.05, 3.63) is 28.5 Å². The molecule has 0 heterocycles. The fourth-order valence-corrected chi connectivity index (χ4v) is 1.32. The molecule has 0 aliphatic carbocycles. The van der Waals surface area contributed by atoms with Crippen molar-refractivity contribution in [1.82, 2.24) is 4.90 Å². The number of anilines is 1. The number of benzene rings is 1. The Balaban J connectivity index is 2.58. The fourth-order valence-electron chi connectivity index (χ4n) is 0.942. The third-order valence-electron chi connectivity index (χ3n) is 1.86. The van der Waals surface area contributed by atoms with E-state index in [9.17, 15) is 9.18 Å². The molecule has 0 saturated carbocycles. The molecule has 0 unspecified atom stereocenters. The van der Waals surface area contributed by atoms with Crippen LogP contribution in [0.3, 0.4) is 0 Å². The van der Waals surface area contributed by atoms with Crippen molar-refractivity contribution in [3.63, 3.8) is 0 Å². The first-order valence-electron chi connectivity index (χ1n) is 4.40. The molecule has 3 nitrogen and oxygen atoms in total. The number of hydrogen-bond acceptors (Lipinski definition) is 2. The number of carbonyl (C=O) groups excluding carboxylic acids is 1. The Kier molecular flexibility index (Phi) is 4.08. The van der Waals surface area contributed by atoms with Crippen LogP contribution in [0, 0.1) is 5.82 Å². The number of halogens is 2. The highest BCUT2D eigenvalue weighted by Gasteiger charge is 2.04. The summed E-state index contributed by atoms with van der Waals surface area (Å²) in [6.07, 6.45) is 0. The summed E-state index contributed by atoms with van der Waals surface area (Å²) < 4.78 is 13.3. The zero-order chi connectivity index (χ0) is 11.4.